The van der Waals surface area contributed by atoms with Gasteiger partial charge >= 0.3 is 12.3 Å². The number of methoxy groups -OCH3 is 1. The van der Waals surface area contributed by atoms with E-state index in [2.05, 4.69) is 4.74 Å². The Morgan fingerprint density at radius 2 is 1.64 bits per heavy atom. The van der Waals surface area contributed by atoms with Gasteiger partial charge in [0, 0.05) is 0 Å². The molecule has 0 amide bonds. The van der Waals surface area contributed by atoms with Gasteiger partial charge in [-0.05, 0) is 42.0 Å². The van der Waals surface area contributed by atoms with Crippen molar-refractivity contribution in [3.8, 4) is 11.5 Å². The van der Waals surface area contributed by atoms with Gasteiger partial charge < -0.3 is 18.9 Å². The fraction of sp³-hybridized carbons (Fsp3) is 0.316. The number of hydrogen-bond donors (Lipinski definition) is 0. The summed E-state index contributed by atoms with van der Waals surface area (Å²) in [5.41, 5.74) is 0.973. The van der Waals surface area contributed by atoms with Gasteiger partial charge in [-0.15, -0.1) is 24.8 Å². The monoisotopic (exact) mass is 418 g/mol. The summed E-state index contributed by atoms with van der Waals surface area (Å²) in [6, 6.07) is 11.7. The van der Waals surface area contributed by atoms with E-state index >= 15 is 0 Å². The largest absolute Gasteiger partial charge is 0.573 e. The molecule has 2 aromatic carbocycles. The Morgan fingerprint density at radius 3 is 2.18 bits per heavy atom. The molecule has 5 nitrogen and oxygen atoms in total. The Hall–Kier alpha value is -2.45. The molecule has 0 aliphatic rings. The summed E-state index contributed by atoms with van der Waals surface area (Å²) in [5.74, 6) is -0.163. The first kappa shape index (κ1) is 21.8. The van der Waals surface area contributed by atoms with E-state index in [9.17, 15) is 18.0 Å². The fourth-order valence-electron chi connectivity index (χ4n) is 2.12. The molecule has 28 heavy (non-hydrogen) atoms. The second-order valence-corrected chi connectivity index (χ2v) is 5.91. The molecule has 2 aromatic rings. The van der Waals surface area contributed by atoms with Gasteiger partial charge in [-0.2, -0.15) is 0 Å². The van der Waals surface area contributed by atoms with Crippen LogP contribution in [0.3, 0.4) is 0 Å². The summed E-state index contributed by atoms with van der Waals surface area (Å²) in [4.78, 5) is 12.0. The summed E-state index contributed by atoms with van der Waals surface area (Å²) in [7, 11) is 1.52. The van der Waals surface area contributed by atoms with Crippen LogP contribution in [0.2, 0.25) is 0 Å². The molecular formula is C19H18ClF3O5. The molecule has 0 heterocycles. The maximum atomic E-state index is 12.1. The number of hydrogen-bond acceptors (Lipinski definition) is 5. The number of alkyl halides is 4. The van der Waals surface area contributed by atoms with Crippen LogP contribution in [0, 0.1) is 0 Å². The molecule has 0 aliphatic carbocycles. The van der Waals surface area contributed by atoms with Crippen molar-refractivity contribution >= 4 is 17.6 Å². The lowest BCUT2D eigenvalue weighted by molar-refractivity contribution is -0.274. The average Bonchev–Trinajstić information content (AvgIpc) is 2.68. The van der Waals surface area contributed by atoms with Crippen LogP contribution in [0.5, 0.6) is 11.5 Å². The summed E-state index contributed by atoms with van der Waals surface area (Å²) in [5, 5.41) is 0. The van der Waals surface area contributed by atoms with E-state index in [-0.39, 0.29) is 24.8 Å². The molecule has 0 bridgehead atoms. The van der Waals surface area contributed by atoms with Crippen LogP contribution in [0.1, 0.15) is 15.9 Å². The number of ether oxygens (including phenoxy) is 4. The Balaban J connectivity index is 1.81. The van der Waals surface area contributed by atoms with E-state index < -0.39 is 18.4 Å². The quantitative estimate of drug-likeness (QED) is 0.441. The zero-order valence-electron chi connectivity index (χ0n) is 14.9. The highest BCUT2D eigenvalue weighted by molar-refractivity contribution is 6.18. The molecule has 0 fully saturated rings. The fourth-order valence-corrected chi connectivity index (χ4v) is 2.30. The smallest absolute Gasteiger partial charge is 0.497 e. The lowest BCUT2D eigenvalue weighted by Crippen LogP contribution is -2.23. The Morgan fingerprint density at radius 1 is 1.04 bits per heavy atom. The van der Waals surface area contributed by atoms with Crippen LogP contribution in [0.15, 0.2) is 48.5 Å². The highest BCUT2D eigenvalue weighted by Gasteiger charge is 2.30. The van der Waals surface area contributed by atoms with Crippen LogP contribution in [-0.2, 0) is 16.1 Å². The Labute approximate surface area is 164 Å². The zero-order valence-corrected chi connectivity index (χ0v) is 15.6. The van der Waals surface area contributed by atoms with Gasteiger partial charge in [-0.1, -0.05) is 12.1 Å². The predicted octanol–water partition coefficient (Wildman–Crippen LogP) is 4.57. The average molecular weight is 419 g/mol. The third kappa shape index (κ3) is 7.28. The summed E-state index contributed by atoms with van der Waals surface area (Å²) in [6.07, 6.45) is -5.31. The molecule has 0 aliphatic heterocycles. The topological polar surface area (TPSA) is 54.0 Å². The van der Waals surface area contributed by atoms with Crippen LogP contribution < -0.4 is 9.47 Å². The van der Waals surface area contributed by atoms with E-state index in [0.717, 1.165) is 0 Å². The van der Waals surface area contributed by atoms with Crippen molar-refractivity contribution in [3.05, 3.63) is 59.7 Å². The van der Waals surface area contributed by atoms with E-state index in [1.54, 1.807) is 24.3 Å². The van der Waals surface area contributed by atoms with Crippen LogP contribution in [-0.4, -0.2) is 38.0 Å². The number of halogens is 4. The van der Waals surface area contributed by atoms with Crippen molar-refractivity contribution < 1.29 is 36.9 Å². The number of benzene rings is 2. The van der Waals surface area contributed by atoms with E-state index in [1.165, 1.54) is 31.4 Å². The molecule has 0 spiro atoms. The molecule has 0 saturated carbocycles. The lowest BCUT2D eigenvalue weighted by Gasteiger charge is -2.16. The van der Waals surface area contributed by atoms with Crippen molar-refractivity contribution in [1.82, 2.24) is 0 Å². The first-order chi connectivity index (χ1) is 13.3. The summed E-state index contributed by atoms with van der Waals surface area (Å²) < 4.78 is 56.0. The second-order valence-electron chi connectivity index (χ2n) is 5.61. The highest BCUT2D eigenvalue weighted by atomic mass is 35.5. The maximum Gasteiger partial charge on any atom is 0.573 e. The molecule has 0 N–H and O–H groups in total. The molecule has 1 atom stereocenters. The molecule has 0 saturated heterocycles. The molecule has 152 valence electrons. The zero-order chi connectivity index (χ0) is 20.6. The van der Waals surface area contributed by atoms with Gasteiger partial charge in [-0.25, -0.2) is 4.79 Å². The van der Waals surface area contributed by atoms with E-state index in [4.69, 9.17) is 25.8 Å². The van der Waals surface area contributed by atoms with E-state index in [1.807, 2.05) is 0 Å². The van der Waals surface area contributed by atoms with Crippen LogP contribution in [0.25, 0.3) is 0 Å². The third-order valence-electron chi connectivity index (χ3n) is 3.54. The Kier molecular flexibility index (Phi) is 7.95. The molecule has 9 heteroatoms. The van der Waals surface area contributed by atoms with Crippen molar-refractivity contribution in [1.29, 1.82) is 0 Å². The minimum atomic E-state index is -4.74. The maximum absolute atomic E-state index is 12.1. The number of rotatable bonds is 9. The number of esters is 1. The summed E-state index contributed by atoms with van der Waals surface area (Å²) >= 11 is 5.82. The number of carbonyl (C=O) groups is 1. The second kappa shape index (κ2) is 10.2. The van der Waals surface area contributed by atoms with Crippen LogP contribution >= 0.6 is 11.6 Å². The standard InChI is InChI=1S/C19H18ClF3O5/c1-25-15-8-4-14(5-9-15)18(24)27-12-17(10-20)26-11-13-2-6-16(7-3-13)28-19(21,22)23/h2-9,17H,10-12H2,1H3/t17-/m0/s1. The highest BCUT2D eigenvalue weighted by Crippen LogP contribution is 2.23. The minimum Gasteiger partial charge on any atom is -0.497 e. The predicted molar refractivity (Wildman–Crippen MR) is 95.7 cm³/mol. The molecule has 0 unspecified atom stereocenters. The first-order valence-corrected chi connectivity index (χ1v) is 8.67. The van der Waals surface area contributed by atoms with Crippen molar-refractivity contribution in [3.63, 3.8) is 0 Å². The van der Waals surface area contributed by atoms with Crippen molar-refractivity contribution in [2.24, 2.45) is 0 Å². The molecular weight excluding hydrogens is 401 g/mol. The normalized spacial score (nSPS) is 12.3. The number of carbonyl (C=O) groups excluding carboxylic acids is 1. The Bertz CT molecular complexity index is 748. The molecule has 0 radical (unpaired) electrons. The lowest BCUT2D eigenvalue weighted by atomic mass is 10.2. The van der Waals surface area contributed by atoms with Gasteiger partial charge in [-0.3, -0.25) is 0 Å². The van der Waals surface area contributed by atoms with Gasteiger partial charge in [0.2, 0.25) is 0 Å². The minimum absolute atomic E-state index is 0.0658. The van der Waals surface area contributed by atoms with Gasteiger partial charge in [0.15, 0.2) is 0 Å². The van der Waals surface area contributed by atoms with Crippen molar-refractivity contribution in [2.45, 2.75) is 19.1 Å². The van der Waals surface area contributed by atoms with Gasteiger partial charge in [0.25, 0.3) is 0 Å². The van der Waals surface area contributed by atoms with Gasteiger partial charge in [0.1, 0.15) is 24.2 Å². The molecule has 0 aromatic heterocycles. The summed E-state index contributed by atoms with van der Waals surface area (Å²) in [6.45, 7) is 0.0212. The first-order valence-electron chi connectivity index (χ1n) is 8.14. The van der Waals surface area contributed by atoms with E-state index in [0.29, 0.717) is 16.9 Å². The van der Waals surface area contributed by atoms with Gasteiger partial charge in [0.05, 0.1) is 25.2 Å². The molecule has 2 rings (SSSR count). The van der Waals surface area contributed by atoms with Crippen molar-refractivity contribution in [2.75, 3.05) is 19.6 Å². The SMILES string of the molecule is COc1ccc(C(=O)OC[C@H](CCl)OCc2ccc(OC(F)(F)F)cc2)cc1. The van der Waals surface area contributed by atoms with Crippen LogP contribution in [0.4, 0.5) is 13.2 Å². The third-order valence-corrected chi connectivity index (χ3v) is 3.88.